The minimum atomic E-state index is -0.218. The highest BCUT2D eigenvalue weighted by molar-refractivity contribution is 6.39. The van der Waals surface area contributed by atoms with Crippen molar-refractivity contribution in [1.29, 1.82) is 0 Å². The molecule has 1 saturated carbocycles. The summed E-state index contributed by atoms with van der Waals surface area (Å²) in [4.78, 5) is 22.5. The van der Waals surface area contributed by atoms with E-state index < -0.39 is 0 Å². The number of nitrogens with zero attached hydrogens (tertiary/aromatic N) is 1. The summed E-state index contributed by atoms with van der Waals surface area (Å²) in [6.45, 7) is 1.03. The second-order valence-electron chi connectivity index (χ2n) is 4.63. The maximum absolute atomic E-state index is 11.7. The lowest BCUT2D eigenvalue weighted by Gasteiger charge is -2.13. The first kappa shape index (κ1) is 13.0. The summed E-state index contributed by atoms with van der Waals surface area (Å²) in [5.41, 5.74) is 2.69. The molecule has 0 spiro atoms. The van der Waals surface area contributed by atoms with Crippen molar-refractivity contribution < 1.29 is 14.3 Å². The molecule has 0 atom stereocenters. The Morgan fingerprint density at radius 1 is 1.39 bits per heavy atom. The number of hydrogen-bond acceptors (Lipinski definition) is 4. The van der Waals surface area contributed by atoms with E-state index in [1.54, 1.807) is 0 Å². The fourth-order valence-corrected chi connectivity index (χ4v) is 2.19. The van der Waals surface area contributed by atoms with Crippen LogP contribution in [0, 0.1) is 0 Å². The average molecular weight is 253 g/mol. The van der Waals surface area contributed by atoms with Crippen molar-refractivity contribution in [2.24, 2.45) is 5.10 Å². The molecule has 1 fully saturated rings. The first-order valence-electron chi connectivity index (χ1n) is 6.51. The van der Waals surface area contributed by atoms with Gasteiger partial charge in [-0.25, -0.2) is 5.43 Å². The second kappa shape index (κ2) is 6.49. The van der Waals surface area contributed by atoms with Crippen molar-refractivity contribution in [3.05, 3.63) is 0 Å². The van der Waals surface area contributed by atoms with Crippen LogP contribution in [0.5, 0.6) is 0 Å². The van der Waals surface area contributed by atoms with Crippen molar-refractivity contribution in [3.8, 4) is 0 Å². The Morgan fingerprint density at radius 2 is 2.17 bits per heavy atom. The lowest BCUT2D eigenvalue weighted by atomic mass is 10.1. The molecule has 18 heavy (non-hydrogen) atoms. The SMILES string of the molecule is O=C1CCC(C(=O)NCCOC2CCCC2)=NN1. The van der Waals surface area contributed by atoms with Crippen molar-refractivity contribution in [2.45, 2.75) is 44.6 Å². The summed E-state index contributed by atoms with van der Waals surface area (Å²) < 4.78 is 5.63. The third-order valence-corrected chi connectivity index (χ3v) is 3.21. The van der Waals surface area contributed by atoms with Gasteiger partial charge in [0.1, 0.15) is 5.71 Å². The van der Waals surface area contributed by atoms with Crippen LogP contribution < -0.4 is 10.7 Å². The van der Waals surface area contributed by atoms with Crippen LogP contribution in [0.1, 0.15) is 38.5 Å². The molecule has 0 saturated heterocycles. The van der Waals surface area contributed by atoms with E-state index in [1.165, 1.54) is 12.8 Å². The van der Waals surface area contributed by atoms with E-state index in [4.69, 9.17) is 4.74 Å². The smallest absolute Gasteiger partial charge is 0.267 e. The van der Waals surface area contributed by atoms with Crippen LogP contribution in [0.15, 0.2) is 5.10 Å². The zero-order valence-electron chi connectivity index (χ0n) is 10.4. The fraction of sp³-hybridized carbons (Fsp3) is 0.750. The van der Waals surface area contributed by atoms with Gasteiger partial charge in [0.25, 0.3) is 5.91 Å². The summed E-state index contributed by atoms with van der Waals surface area (Å²) in [6.07, 6.45) is 5.85. The Kier molecular flexibility index (Phi) is 4.69. The molecule has 2 aliphatic rings. The Balaban J connectivity index is 1.61. The average Bonchev–Trinajstić information content (AvgIpc) is 2.88. The summed E-state index contributed by atoms with van der Waals surface area (Å²) in [6, 6.07) is 0. The van der Waals surface area contributed by atoms with Gasteiger partial charge in [-0.05, 0) is 12.8 Å². The van der Waals surface area contributed by atoms with Crippen LogP contribution >= 0.6 is 0 Å². The monoisotopic (exact) mass is 253 g/mol. The topological polar surface area (TPSA) is 79.8 Å². The van der Waals surface area contributed by atoms with Gasteiger partial charge in [0.05, 0.1) is 12.7 Å². The van der Waals surface area contributed by atoms with Gasteiger partial charge in [-0.2, -0.15) is 5.10 Å². The lowest BCUT2D eigenvalue weighted by molar-refractivity contribution is -0.121. The number of ether oxygens (including phenoxy) is 1. The van der Waals surface area contributed by atoms with Gasteiger partial charge in [-0.15, -0.1) is 0 Å². The standard InChI is InChI=1S/C12H19N3O3/c16-11-6-5-10(14-15-11)12(17)13-7-8-18-9-3-1-2-4-9/h9H,1-8H2,(H,13,17)(H,15,16). The molecule has 6 nitrogen and oxygen atoms in total. The van der Waals surface area contributed by atoms with Crippen LogP contribution in [0.2, 0.25) is 0 Å². The predicted octanol–water partition coefficient (Wildman–Crippen LogP) is 0.328. The number of carbonyl (C=O) groups excluding carboxylic acids is 2. The predicted molar refractivity (Wildman–Crippen MR) is 66.0 cm³/mol. The zero-order valence-corrected chi connectivity index (χ0v) is 10.4. The number of carbonyl (C=O) groups is 2. The molecule has 0 unspecified atom stereocenters. The summed E-state index contributed by atoms with van der Waals surface area (Å²) in [5.74, 6) is -0.360. The molecule has 1 heterocycles. The molecule has 2 rings (SSSR count). The molecule has 2 N–H and O–H groups in total. The normalized spacial score (nSPS) is 20.4. The Hall–Kier alpha value is -1.43. The van der Waals surface area contributed by atoms with Gasteiger partial charge in [0.2, 0.25) is 5.91 Å². The summed E-state index contributed by atoms with van der Waals surface area (Å²) in [7, 11) is 0. The van der Waals surface area contributed by atoms with E-state index in [0.717, 1.165) is 12.8 Å². The Morgan fingerprint density at radius 3 is 2.83 bits per heavy atom. The van der Waals surface area contributed by atoms with Gasteiger partial charge in [0, 0.05) is 19.4 Å². The van der Waals surface area contributed by atoms with Crippen LogP contribution in [-0.4, -0.2) is 36.8 Å². The van der Waals surface area contributed by atoms with Gasteiger partial charge in [-0.1, -0.05) is 12.8 Å². The van der Waals surface area contributed by atoms with Crippen LogP contribution in [0.25, 0.3) is 0 Å². The van der Waals surface area contributed by atoms with E-state index in [-0.39, 0.29) is 11.8 Å². The second-order valence-corrected chi connectivity index (χ2v) is 4.63. The Labute approximate surface area is 106 Å². The molecule has 100 valence electrons. The third kappa shape index (κ3) is 3.80. The van der Waals surface area contributed by atoms with Crippen LogP contribution in [0.4, 0.5) is 0 Å². The number of rotatable bonds is 5. The van der Waals surface area contributed by atoms with Crippen molar-refractivity contribution >= 4 is 17.5 Å². The maximum Gasteiger partial charge on any atom is 0.267 e. The van der Waals surface area contributed by atoms with Gasteiger partial charge in [-0.3, -0.25) is 9.59 Å². The van der Waals surface area contributed by atoms with Gasteiger partial charge in [0.15, 0.2) is 0 Å². The molecule has 6 heteroatoms. The first-order valence-corrected chi connectivity index (χ1v) is 6.51. The maximum atomic E-state index is 11.7. The highest BCUT2D eigenvalue weighted by Crippen LogP contribution is 2.20. The highest BCUT2D eigenvalue weighted by Gasteiger charge is 2.18. The number of amides is 2. The quantitative estimate of drug-likeness (QED) is 0.693. The summed E-state index contributed by atoms with van der Waals surface area (Å²) >= 11 is 0. The molecular weight excluding hydrogens is 234 g/mol. The zero-order chi connectivity index (χ0) is 12.8. The highest BCUT2D eigenvalue weighted by atomic mass is 16.5. The van der Waals surface area contributed by atoms with Crippen molar-refractivity contribution in [1.82, 2.24) is 10.7 Å². The molecule has 0 radical (unpaired) electrons. The van der Waals surface area contributed by atoms with Crippen molar-refractivity contribution in [2.75, 3.05) is 13.2 Å². The number of hydrogen-bond donors (Lipinski definition) is 2. The minimum absolute atomic E-state index is 0.142. The largest absolute Gasteiger partial charge is 0.376 e. The van der Waals surface area contributed by atoms with Crippen LogP contribution in [-0.2, 0) is 14.3 Å². The van der Waals surface area contributed by atoms with E-state index in [0.29, 0.717) is 37.8 Å². The minimum Gasteiger partial charge on any atom is -0.376 e. The molecule has 1 aliphatic carbocycles. The van der Waals surface area contributed by atoms with E-state index in [9.17, 15) is 9.59 Å². The van der Waals surface area contributed by atoms with E-state index in [2.05, 4.69) is 15.8 Å². The molecular formula is C12H19N3O3. The lowest BCUT2D eigenvalue weighted by Crippen LogP contribution is -2.38. The molecule has 2 amide bonds. The molecule has 0 bridgehead atoms. The van der Waals surface area contributed by atoms with E-state index >= 15 is 0 Å². The third-order valence-electron chi connectivity index (χ3n) is 3.21. The van der Waals surface area contributed by atoms with E-state index in [1.807, 2.05) is 0 Å². The molecule has 0 aromatic heterocycles. The first-order chi connectivity index (χ1) is 8.75. The fourth-order valence-electron chi connectivity index (χ4n) is 2.19. The molecule has 1 aliphatic heterocycles. The number of hydrazone groups is 1. The van der Waals surface area contributed by atoms with Crippen molar-refractivity contribution in [3.63, 3.8) is 0 Å². The molecule has 0 aromatic rings. The Bertz CT molecular complexity index is 348. The number of nitrogens with one attached hydrogen (secondary N) is 2. The van der Waals surface area contributed by atoms with Crippen LogP contribution in [0.3, 0.4) is 0 Å². The van der Waals surface area contributed by atoms with Gasteiger partial charge >= 0.3 is 0 Å². The summed E-state index contributed by atoms with van der Waals surface area (Å²) in [5, 5.41) is 6.48. The van der Waals surface area contributed by atoms with Gasteiger partial charge < -0.3 is 10.1 Å². The molecule has 0 aromatic carbocycles.